The minimum absolute atomic E-state index is 0.108. The predicted molar refractivity (Wildman–Crippen MR) is 144 cm³/mol. The summed E-state index contributed by atoms with van der Waals surface area (Å²) in [5, 5.41) is 7.87. The summed E-state index contributed by atoms with van der Waals surface area (Å²) in [6.45, 7) is 6.17. The lowest BCUT2D eigenvalue weighted by Gasteiger charge is -2.25. The molecule has 10 heteroatoms. The smallest absolute Gasteiger partial charge is 0.410 e. The van der Waals surface area contributed by atoms with Gasteiger partial charge < -0.3 is 24.8 Å². The first-order chi connectivity index (χ1) is 18.5. The molecule has 2 saturated heterocycles. The third kappa shape index (κ3) is 4.60. The number of hydrogen-bond donors (Lipinski definition) is 1. The number of nitrogens with one attached hydrogen (secondary N) is 1. The first-order valence-electron chi connectivity index (χ1n) is 13.3. The van der Waals surface area contributed by atoms with Gasteiger partial charge in [0, 0.05) is 61.8 Å². The number of pyridine rings is 1. The van der Waals surface area contributed by atoms with Crippen molar-refractivity contribution in [3.63, 3.8) is 0 Å². The minimum atomic E-state index is -0.279. The maximum Gasteiger partial charge on any atom is 0.410 e. The Morgan fingerprint density at radius 1 is 1.13 bits per heavy atom. The summed E-state index contributed by atoms with van der Waals surface area (Å²) in [5.74, 6) is 1.19. The van der Waals surface area contributed by atoms with Crippen LogP contribution >= 0.6 is 0 Å². The molecule has 2 unspecified atom stereocenters. The molecule has 6 rings (SSSR count). The van der Waals surface area contributed by atoms with E-state index in [2.05, 4.69) is 28.4 Å². The molecule has 1 aromatic carbocycles. The van der Waals surface area contributed by atoms with Crippen molar-refractivity contribution in [3.05, 3.63) is 59.8 Å². The Balaban J connectivity index is 1.15. The predicted octanol–water partition coefficient (Wildman–Crippen LogP) is 3.49. The van der Waals surface area contributed by atoms with Gasteiger partial charge in [0.1, 0.15) is 0 Å². The number of carbonyl (C=O) groups is 2. The highest BCUT2D eigenvalue weighted by Crippen LogP contribution is 2.32. The lowest BCUT2D eigenvalue weighted by atomic mass is 10.0. The molecule has 3 aliphatic rings. The van der Waals surface area contributed by atoms with E-state index in [-0.39, 0.29) is 12.0 Å². The fourth-order valence-electron chi connectivity index (χ4n) is 5.92. The van der Waals surface area contributed by atoms with Crippen LogP contribution in [0.5, 0.6) is 0 Å². The quantitative estimate of drug-likeness (QED) is 0.556. The van der Waals surface area contributed by atoms with Crippen LogP contribution in [0.3, 0.4) is 0 Å². The van der Waals surface area contributed by atoms with E-state index < -0.39 is 0 Å². The van der Waals surface area contributed by atoms with Gasteiger partial charge in [-0.05, 0) is 74.7 Å². The van der Waals surface area contributed by atoms with E-state index in [1.165, 1.54) is 0 Å². The third-order valence-electron chi connectivity index (χ3n) is 7.82. The molecule has 198 valence electrons. The molecule has 2 atom stereocenters. The molecule has 0 aliphatic carbocycles. The Labute approximate surface area is 221 Å². The van der Waals surface area contributed by atoms with Gasteiger partial charge in [0.15, 0.2) is 5.65 Å². The Bertz CT molecular complexity index is 1380. The lowest BCUT2D eigenvalue weighted by molar-refractivity contribution is 0.0729. The van der Waals surface area contributed by atoms with Crippen molar-refractivity contribution in [1.82, 2.24) is 29.3 Å². The maximum atomic E-state index is 13.2. The number of amides is 2. The van der Waals surface area contributed by atoms with Crippen LogP contribution in [0.4, 0.5) is 16.4 Å². The average molecular weight is 516 g/mol. The molecule has 38 heavy (non-hydrogen) atoms. The highest BCUT2D eigenvalue weighted by Gasteiger charge is 2.42. The van der Waals surface area contributed by atoms with Crippen LogP contribution in [-0.4, -0.2) is 93.7 Å². The van der Waals surface area contributed by atoms with Gasteiger partial charge in [-0.25, -0.2) is 9.31 Å². The van der Waals surface area contributed by atoms with Crippen molar-refractivity contribution >= 4 is 34.9 Å². The number of hydrogen-bond acceptors (Lipinski definition) is 7. The summed E-state index contributed by atoms with van der Waals surface area (Å²) in [7, 11) is 2.13. The van der Waals surface area contributed by atoms with E-state index in [4.69, 9.17) is 9.72 Å². The summed E-state index contributed by atoms with van der Waals surface area (Å²) in [4.78, 5) is 36.0. The average Bonchev–Trinajstić information content (AvgIpc) is 3.62. The van der Waals surface area contributed by atoms with Crippen LogP contribution in [0.15, 0.2) is 48.7 Å². The number of rotatable bonds is 5. The Morgan fingerprint density at radius 3 is 2.74 bits per heavy atom. The molecule has 2 fully saturated rings. The maximum absolute atomic E-state index is 13.2. The van der Waals surface area contributed by atoms with E-state index in [9.17, 15) is 9.59 Å². The van der Waals surface area contributed by atoms with Crippen molar-refractivity contribution in [2.45, 2.75) is 25.8 Å². The van der Waals surface area contributed by atoms with E-state index in [0.717, 1.165) is 54.9 Å². The third-order valence-corrected chi connectivity index (χ3v) is 7.82. The van der Waals surface area contributed by atoms with E-state index in [1.54, 1.807) is 9.42 Å². The zero-order chi connectivity index (χ0) is 26.2. The van der Waals surface area contributed by atoms with Gasteiger partial charge in [0.2, 0.25) is 5.95 Å². The number of nitrogens with zero attached hydrogens (tertiary/aromatic N) is 6. The monoisotopic (exact) mass is 515 g/mol. The standard InChI is InChI=1S/C28H33N7O3/c1-3-38-28(37)33-14-10-19(11-15-33)23-5-4-13-35-25(23)30-27(31-35)29-22-8-6-20(7-9-22)26(36)34-16-12-21-17-32(2)18-24(21)34/h4-10,13,21,24H,3,11-12,14-18H2,1-2H3,(H,29,31). The first kappa shape index (κ1) is 24.4. The largest absolute Gasteiger partial charge is 0.450 e. The number of fused-ring (bicyclic) bond motifs is 2. The van der Waals surface area contributed by atoms with Crippen LogP contribution in [0.25, 0.3) is 11.2 Å². The minimum Gasteiger partial charge on any atom is -0.450 e. The van der Waals surface area contributed by atoms with Crippen LogP contribution < -0.4 is 5.32 Å². The molecule has 5 heterocycles. The molecule has 3 aromatic rings. The number of ether oxygens (including phenoxy) is 1. The van der Waals surface area contributed by atoms with Gasteiger partial charge in [-0.2, -0.15) is 4.98 Å². The molecule has 1 N–H and O–H groups in total. The number of likely N-dealkylation sites (N-methyl/N-ethyl adjacent to an activating group) is 1. The number of carbonyl (C=O) groups excluding carboxylic acids is 2. The van der Waals surface area contributed by atoms with Crippen molar-refractivity contribution in [2.75, 3.05) is 51.7 Å². The second-order valence-corrected chi connectivity index (χ2v) is 10.3. The highest BCUT2D eigenvalue weighted by atomic mass is 16.6. The Hall–Kier alpha value is -3.92. The van der Waals surface area contributed by atoms with Crippen molar-refractivity contribution in [3.8, 4) is 0 Å². The van der Waals surface area contributed by atoms with Gasteiger partial charge in [-0.3, -0.25) is 4.79 Å². The fraction of sp³-hybridized carbons (Fsp3) is 0.429. The Morgan fingerprint density at radius 2 is 1.97 bits per heavy atom. The first-order valence-corrected chi connectivity index (χ1v) is 13.3. The van der Waals surface area contributed by atoms with Crippen molar-refractivity contribution < 1.29 is 14.3 Å². The van der Waals surface area contributed by atoms with Gasteiger partial charge >= 0.3 is 6.09 Å². The summed E-state index contributed by atoms with van der Waals surface area (Å²) < 4.78 is 6.88. The number of likely N-dealkylation sites (tertiary alicyclic amines) is 2. The zero-order valence-corrected chi connectivity index (χ0v) is 21.8. The zero-order valence-electron chi connectivity index (χ0n) is 21.8. The van der Waals surface area contributed by atoms with Crippen molar-refractivity contribution in [2.24, 2.45) is 5.92 Å². The van der Waals surface area contributed by atoms with Gasteiger partial charge in [-0.1, -0.05) is 6.08 Å². The summed E-state index contributed by atoms with van der Waals surface area (Å²) in [6.07, 6.45) is 5.45. The molecular weight excluding hydrogens is 482 g/mol. The second kappa shape index (κ2) is 10.1. The summed E-state index contributed by atoms with van der Waals surface area (Å²) in [6, 6.07) is 11.9. The fourth-order valence-corrected chi connectivity index (χ4v) is 5.92. The molecule has 2 amide bonds. The number of benzene rings is 1. The van der Waals surface area contributed by atoms with E-state index >= 15 is 0 Å². The normalized spacial score (nSPS) is 21.5. The van der Waals surface area contributed by atoms with Crippen LogP contribution in [0.1, 0.15) is 35.7 Å². The molecule has 10 nitrogen and oxygen atoms in total. The SMILES string of the molecule is CCOC(=O)N1CC=C(c2cccn3nc(Nc4ccc(C(=O)N5CCC6CN(C)CC65)cc4)nc23)CC1. The van der Waals surface area contributed by atoms with E-state index in [0.29, 0.717) is 43.2 Å². The molecule has 3 aliphatic heterocycles. The molecule has 0 radical (unpaired) electrons. The molecule has 2 aromatic heterocycles. The topological polar surface area (TPSA) is 95.3 Å². The van der Waals surface area contributed by atoms with Crippen LogP contribution in [0, 0.1) is 5.92 Å². The summed E-state index contributed by atoms with van der Waals surface area (Å²) in [5.41, 5.74) is 4.41. The molecule has 0 saturated carbocycles. The van der Waals surface area contributed by atoms with E-state index in [1.807, 2.05) is 54.4 Å². The number of aromatic nitrogens is 3. The van der Waals surface area contributed by atoms with Gasteiger partial charge in [0.25, 0.3) is 5.91 Å². The van der Waals surface area contributed by atoms with Gasteiger partial charge in [0.05, 0.1) is 6.61 Å². The van der Waals surface area contributed by atoms with Gasteiger partial charge in [-0.15, -0.1) is 5.10 Å². The molecule has 0 spiro atoms. The lowest BCUT2D eigenvalue weighted by Crippen LogP contribution is -2.39. The highest BCUT2D eigenvalue weighted by molar-refractivity contribution is 5.95. The summed E-state index contributed by atoms with van der Waals surface area (Å²) >= 11 is 0. The van der Waals surface area contributed by atoms with Crippen LogP contribution in [-0.2, 0) is 4.74 Å². The second-order valence-electron chi connectivity index (χ2n) is 10.3. The molecular formula is C28H33N7O3. The number of anilines is 2. The Kier molecular flexibility index (Phi) is 6.49. The molecule has 0 bridgehead atoms. The van der Waals surface area contributed by atoms with Crippen LogP contribution in [0.2, 0.25) is 0 Å². The van der Waals surface area contributed by atoms with Crippen molar-refractivity contribution in [1.29, 1.82) is 0 Å².